The molecule has 4 rings (SSSR count). The number of carbonyl (C=O) groups excluding carboxylic acids is 2. The third kappa shape index (κ3) is 5.16. The molecule has 1 atom stereocenters. The molecule has 1 fully saturated rings. The Labute approximate surface area is 186 Å². The van der Waals surface area contributed by atoms with Crippen LogP contribution in [0.4, 0.5) is 15.8 Å². The SMILES string of the molecule is CCOc1ccc(N2CCN(C3=N[C@@H](C(=O)Nc4ccc(F)cc4)CC(=O)N3)CC2)cc1. The van der Waals surface area contributed by atoms with Crippen molar-refractivity contribution in [3.63, 3.8) is 0 Å². The van der Waals surface area contributed by atoms with Crippen molar-refractivity contribution < 1.29 is 18.7 Å². The topological polar surface area (TPSA) is 86.3 Å². The second-order valence-electron chi connectivity index (χ2n) is 7.62. The summed E-state index contributed by atoms with van der Waals surface area (Å²) in [6.45, 7) is 5.44. The van der Waals surface area contributed by atoms with Crippen molar-refractivity contribution in [1.82, 2.24) is 10.2 Å². The van der Waals surface area contributed by atoms with Gasteiger partial charge in [0.15, 0.2) is 0 Å². The fourth-order valence-electron chi connectivity index (χ4n) is 3.74. The Morgan fingerprint density at radius 1 is 1.09 bits per heavy atom. The van der Waals surface area contributed by atoms with Gasteiger partial charge in [0.2, 0.25) is 17.8 Å². The van der Waals surface area contributed by atoms with E-state index in [4.69, 9.17) is 4.74 Å². The zero-order valence-corrected chi connectivity index (χ0v) is 17.9. The second-order valence-corrected chi connectivity index (χ2v) is 7.62. The maximum absolute atomic E-state index is 13.1. The fourth-order valence-corrected chi connectivity index (χ4v) is 3.74. The molecule has 2 aliphatic heterocycles. The van der Waals surface area contributed by atoms with Crippen molar-refractivity contribution >= 4 is 29.1 Å². The predicted octanol–water partition coefficient (Wildman–Crippen LogP) is 2.23. The van der Waals surface area contributed by atoms with Gasteiger partial charge >= 0.3 is 0 Å². The number of ether oxygens (including phenoxy) is 1. The van der Waals surface area contributed by atoms with Crippen LogP contribution < -0.4 is 20.3 Å². The van der Waals surface area contributed by atoms with Crippen LogP contribution in [-0.2, 0) is 9.59 Å². The summed E-state index contributed by atoms with van der Waals surface area (Å²) in [5.41, 5.74) is 1.57. The quantitative estimate of drug-likeness (QED) is 0.746. The summed E-state index contributed by atoms with van der Waals surface area (Å²) in [6.07, 6.45) is -0.0251. The van der Waals surface area contributed by atoms with E-state index < -0.39 is 11.9 Å². The first-order valence-corrected chi connectivity index (χ1v) is 10.7. The van der Waals surface area contributed by atoms with Gasteiger partial charge in [-0.25, -0.2) is 9.38 Å². The lowest BCUT2D eigenvalue weighted by atomic mass is 10.1. The fraction of sp³-hybridized carbons (Fsp3) is 0.348. The van der Waals surface area contributed by atoms with Crippen molar-refractivity contribution in [2.45, 2.75) is 19.4 Å². The summed E-state index contributed by atoms with van der Waals surface area (Å²) < 4.78 is 18.6. The molecule has 2 aromatic carbocycles. The van der Waals surface area contributed by atoms with E-state index in [2.05, 4.69) is 20.5 Å². The zero-order valence-electron chi connectivity index (χ0n) is 17.9. The number of benzene rings is 2. The number of piperazine rings is 1. The molecule has 0 radical (unpaired) electrons. The monoisotopic (exact) mass is 439 g/mol. The summed E-state index contributed by atoms with van der Waals surface area (Å²) in [6, 6.07) is 12.6. The number of anilines is 2. The molecule has 2 heterocycles. The van der Waals surface area contributed by atoms with E-state index in [1.807, 2.05) is 36.1 Å². The molecule has 168 valence electrons. The third-order valence-corrected chi connectivity index (χ3v) is 5.41. The first-order valence-electron chi connectivity index (χ1n) is 10.7. The van der Waals surface area contributed by atoms with Gasteiger partial charge in [-0.1, -0.05) is 0 Å². The Morgan fingerprint density at radius 2 is 1.75 bits per heavy atom. The largest absolute Gasteiger partial charge is 0.494 e. The molecule has 0 spiro atoms. The van der Waals surface area contributed by atoms with Crippen LogP contribution in [0.15, 0.2) is 53.5 Å². The summed E-state index contributed by atoms with van der Waals surface area (Å²) >= 11 is 0. The Hall–Kier alpha value is -3.62. The molecule has 2 aromatic rings. The van der Waals surface area contributed by atoms with E-state index in [0.29, 0.717) is 31.3 Å². The molecular formula is C23H26FN5O3. The maximum Gasteiger partial charge on any atom is 0.249 e. The number of rotatable bonds is 5. The van der Waals surface area contributed by atoms with Crippen LogP contribution in [0.2, 0.25) is 0 Å². The van der Waals surface area contributed by atoms with Gasteiger partial charge in [-0.3, -0.25) is 14.9 Å². The molecule has 2 amide bonds. The lowest BCUT2D eigenvalue weighted by Gasteiger charge is -2.38. The third-order valence-electron chi connectivity index (χ3n) is 5.41. The minimum atomic E-state index is -0.826. The van der Waals surface area contributed by atoms with Crippen LogP contribution in [0.1, 0.15) is 13.3 Å². The van der Waals surface area contributed by atoms with E-state index in [0.717, 1.165) is 24.5 Å². The van der Waals surface area contributed by atoms with Gasteiger partial charge in [0, 0.05) is 37.6 Å². The standard InChI is InChI=1S/C23H26FN5O3/c1-2-32-19-9-7-18(8-10-19)28-11-13-29(14-12-28)23-26-20(15-21(30)27-23)22(31)25-17-5-3-16(24)4-6-17/h3-10,20H,2,11-15H2,1H3,(H,25,31)(H,26,27,30)/t20-/m1/s1. The van der Waals surface area contributed by atoms with E-state index in [9.17, 15) is 14.0 Å². The minimum absolute atomic E-state index is 0.0251. The van der Waals surface area contributed by atoms with Gasteiger partial charge in [0.1, 0.15) is 17.6 Å². The van der Waals surface area contributed by atoms with Crippen LogP contribution >= 0.6 is 0 Å². The Kier molecular flexibility index (Phi) is 6.53. The van der Waals surface area contributed by atoms with Crippen molar-refractivity contribution in [1.29, 1.82) is 0 Å². The van der Waals surface area contributed by atoms with Crippen LogP contribution in [0, 0.1) is 5.82 Å². The molecular weight excluding hydrogens is 413 g/mol. The number of amides is 2. The normalized spacial score (nSPS) is 18.6. The van der Waals surface area contributed by atoms with Crippen LogP contribution in [0.25, 0.3) is 0 Å². The van der Waals surface area contributed by atoms with Crippen LogP contribution in [0.3, 0.4) is 0 Å². The number of aliphatic imine (C=N–C) groups is 1. The molecule has 9 heteroatoms. The van der Waals surface area contributed by atoms with Gasteiger partial charge in [-0.2, -0.15) is 0 Å². The second kappa shape index (κ2) is 9.67. The number of hydrogen-bond acceptors (Lipinski definition) is 6. The lowest BCUT2D eigenvalue weighted by molar-refractivity contribution is -0.125. The summed E-state index contributed by atoms with van der Waals surface area (Å²) in [7, 11) is 0. The van der Waals surface area contributed by atoms with Gasteiger partial charge in [-0.05, 0) is 55.5 Å². The number of carbonyl (C=O) groups is 2. The lowest BCUT2D eigenvalue weighted by Crippen LogP contribution is -2.56. The zero-order chi connectivity index (χ0) is 22.5. The maximum atomic E-state index is 13.1. The van der Waals surface area contributed by atoms with E-state index in [-0.39, 0.29) is 18.1 Å². The van der Waals surface area contributed by atoms with Gasteiger partial charge in [0.05, 0.1) is 13.0 Å². The van der Waals surface area contributed by atoms with Crippen molar-refractivity contribution in [2.24, 2.45) is 4.99 Å². The van der Waals surface area contributed by atoms with E-state index in [1.165, 1.54) is 24.3 Å². The molecule has 0 saturated carbocycles. The molecule has 2 aliphatic rings. The first-order chi connectivity index (χ1) is 15.5. The average Bonchev–Trinajstić information content (AvgIpc) is 2.81. The highest BCUT2D eigenvalue weighted by Gasteiger charge is 2.30. The van der Waals surface area contributed by atoms with Crippen LogP contribution in [-0.4, -0.2) is 61.5 Å². The van der Waals surface area contributed by atoms with Crippen molar-refractivity contribution in [3.8, 4) is 5.75 Å². The van der Waals surface area contributed by atoms with E-state index >= 15 is 0 Å². The molecule has 0 bridgehead atoms. The highest BCUT2D eigenvalue weighted by Crippen LogP contribution is 2.21. The molecule has 1 saturated heterocycles. The van der Waals surface area contributed by atoms with Gasteiger partial charge < -0.3 is 19.9 Å². The van der Waals surface area contributed by atoms with Gasteiger partial charge in [0.25, 0.3) is 0 Å². The van der Waals surface area contributed by atoms with E-state index in [1.54, 1.807) is 0 Å². The minimum Gasteiger partial charge on any atom is -0.494 e. The molecule has 2 N–H and O–H groups in total. The van der Waals surface area contributed by atoms with Crippen LogP contribution in [0.5, 0.6) is 5.75 Å². The molecule has 8 nitrogen and oxygen atoms in total. The summed E-state index contributed by atoms with van der Waals surface area (Å²) in [4.78, 5) is 33.6. The molecule has 0 aromatic heterocycles. The number of nitrogens with one attached hydrogen (secondary N) is 2. The molecule has 0 unspecified atom stereocenters. The Bertz CT molecular complexity index is 986. The average molecular weight is 439 g/mol. The molecule has 0 aliphatic carbocycles. The summed E-state index contributed by atoms with van der Waals surface area (Å²) in [5, 5.41) is 5.49. The highest BCUT2D eigenvalue weighted by molar-refractivity contribution is 6.06. The van der Waals surface area contributed by atoms with Crippen molar-refractivity contribution in [2.75, 3.05) is 43.0 Å². The molecule has 32 heavy (non-hydrogen) atoms. The predicted molar refractivity (Wildman–Crippen MR) is 120 cm³/mol. The Morgan fingerprint density at radius 3 is 2.41 bits per heavy atom. The van der Waals surface area contributed by atoms with Crippen molar-refractivity contribution in [3.05, 3.63) is 54.3 Å². The highest BCUT2D eigenvalue weighted by atomic mass is 19.1. The number of nitrogens with zero attached hydrogens (tertiary/aromatic N) is 3. The smallest absolute Gasteiger partial charge is 0.249 e. The van der Waals surface area contributed by atoms with Gasteiger partial charge in [-0.15, -0.1) is 0 Å². The summed E-state index contributed by atoms with van der Waals surface area (Å²) in [5.74, 6) is 0.246. The number of guanidine groups is 1. The number of halogens is 1. The Balaban J connectivity index is 1.37. The number of hydrogen-bond donors (Lipinski definition) is 2. The first kappa shape index (κ1) is 21.6.